The fourth-order valence-corrected chi connectivity index (χ4v) is 6.57. The van der Waals surface area contributed by atoms with Crippen LogP contribution in [-0.4, -0.2) is 60.2 Å². The van der Waals surface area contributed by atoms with Gasteiger partial charge in [0.05, 0.1) is 23.1 Å². The minimum Gasteiger partial charge on any atom is -0.493 e. The van der Waals surface area contributed by atoms with Gasteiger partial charge in [-0.3, -0.25) is 9.69 Å². The van der Waals surface area contributed by atoms with Gasteiger partial charge in [-0.25, -0.2) is 0 Å². The molecule has 0 radical (unpaired) electrons. The number of ether oxygens (including phenoxy) is 2. The van der Waals surface area contributed by atoms with Gasteiger partial charge in [0, 0.05) is 37.8 Å². The fourth-order valence-electron chi connectivity index (χ4n) is 5.60. The van der Waals surface area contributed by atoms with Crippen LogP contribution in [0.4, 0.5) is 26.3 Å². The van der Waals surface area contributed by atoms with Gasteiger partial charge in [-0.15, -0.1) is 0 Å². The second kappa shape index (κ2) is 12.8. The second-order valence-electron chi connectivity index (χ2n) is 10.7. The number of hydrogen-bond acceptors (Lipinski definition) is 6. The number of benzene rings is 2. The van der Waals surface area contributed by atoms with Crippen molar-refractivity contribution in [3.8, 4) is 11.5 Å². The monoisotopic (exact) mass is 627 g/mol. The van der Waals surface area contributed by atoms with Crippen molar-refractivity contribution in [2.45, 2.75) is 57.1 Å². The number of thioether (sulfide) groups is 1. The van der Waals surface area contributed by atoms with Crippen molar-refractivity contribution in [2.24, 2.45) is 4.99 Å². The molecule has 0 spiro atoms. The second-order valence-corrected chi connectivity index (χ2v) is 11.7. The van der Waals surface area contributed by atoms with Crippen molar-refractivity contribution < 1.29 is 40.6 Å². The van der Waals surface area contributed by atoms with E-state index in [1.54, 1.807) is 18.2 Å². The Kier molecular flexibility index (Phi) is 9.31. The lowest BCUT2D eigenvalue weighted by atomic mass is 9.94. The van der Waals surface area contributed by atoms with Crippen LogP contribution in [0.15, 0.2) is 46.3 Å². The highest BCUT2D eigenvalue weighted by Crippen LogP contribution is 2.39. The van der Waals surface area contributed by atoms with Gasteiger partial charge in [0.1, 0.15) is 6.61 Å². The molecule has 1 aliphatic carbocycles. The molecule has 5 rings (SSSR count). The molecule has 2 fully saturated rings. The third-order valence-electron chi connectivity index (χ3n) is 7.90. The highest BCUT2D eigenvalue weighted by molar-refractivity contribution is 8.18. The molecule has 43 heavy (non-hydrogen) atoms. The van der Waals surface area contributed by atoms with Gasteiger partial charge in [0.25, 0.3) is 5.91 Å². The van der Waals surface area contributed by atoms with Gasteiger partial charge in [-0.2, -0.15) is 31.3 Å². The largest absolute Gasteiger partial charge is 0.493 e. The number of rotatable bonds is 6. The first-order chi connectivity index (χ1) is 20.4. The van der Waals surface area contributed by atoms with E-state index >= 15 is 0 Å². The molecule has 0 bridgehead atoms. The minimum atomic E-state index is -5.00. The summed E-state index contributed by atoms with van der Waals surface area (Å²) in [6, 6.07) is 6.71. The molecule has 13 heteroatoms. The molecule has 3 aliphatic rings. The normalized spacial score (nSPS) is 20.1. The zero-order chi connectivity index (χ0) is 30.8. The van der Waals surface area contributed by atoms with Crippen LogP contribution in [0.5, 0.6) is 11.5 Å². The smallest absolute Gasteiger partial charge is 0.416 e. The van der Waals surface area contributed by atoms with Gasteiger partial charge in [-0.05, 0) is 60.5 Å². The lowest BCUT2D eigenvalue weighted by Crippen LogP contribution is -2.51. The quantitative estimate of drug-likeness (QED) is 0.249. The third kappa shape index (κ3) is 7.49. The van der Waals surface area contributed by atoms with E-state index in [1.807, 2.05) is 0 Å². The maximum absolute atomic E-state index is 13.5. The number of aliphatic imine (C=N–C) groups is 1. The molecule has 2 aromatic rings. The van der Waals surface area contributed by atoms with Gasteiger partial charge in [0.2, 0.25) is 0 Å². The number of methoxy groups -OCH3 is 1. The first kappa shape index (κ1) is 31.2. The van der Waals surface area contributed by atoms with Crippen molar-refractivity contribution in [3.63, 3.8) is 0 Å². The van der Waals surface area contributed by atoms with Crippen molar-refractivity contribution in [2.75, 3.05) is 33.3 Å². The first-order valence-corrected chi connectivity index (χ1v) is 14.8. The molecular weight excluding hydrogens is 596 g/mol. The minimum absolute atomic E-state index is 0.0779. The molecule has 2 heterocycles. The molecule has 2 aromatic carbocycles. The molecule has 0 unspecified atom stereocenters. The summed E-state index contributed by atoms with van der Waals surface area (Å²) in [6.07, 6.45) is -1.88. The first-order valence-electron chi connectivity index (χ1n) is 14.0. The van der Waals surface area contributed by atoms with E-state index in [0.717, 1.165) is 32.2 Å². The van der Waals surface area contributed by atoms with Crippen molar-refractivity contribution in [1.82, 2.24) is 9.80 Å². The Bertz CT molecular complexity index is 1390. The molecular formula is C30H31F6N3O3S. The molecule has 2 aliphatic heterocycles. The average molecular weight is 628 g/mol. The van der Waals surface area contributed by atoms with Crippen LogP contribution in [-0.2, 0) is 23.8 Å². The number of hydrogen-bond donors (Lipinski definition) is 0. The van der Waals surface area contributed by atoms with Gasteiger partial charge >= 0.3 is 12.4 Å². The number of nitrogens with zero attached hydrogens (tertiary/aromatic N) is 3. The average Bonchev–Trinajstić information content (AvgIpc) is 3.35. The summed E-state index contributed by atoms with van der Waals surface area (Å²) in [6.45, 7) is 2.85. The predicted octanol–water partition coefficient (Wildman–Crippen LogP) is 7.23. The number of piperazine rings is 1. The predicted molar refractivity (Wildman–Crippen MR) is 152 cm³/mol. The maximum Gasteiger partial charge on any atom is 0.416 e. The van der Waals surface area contributed by atoms with E-state index in [1.165, 1.54) is 57.0 Å². The molecule has 1 saturated carbocycles. The van der Waals surface area contributed by atoms with Crippen LogP contribution >= 0.6 is 11.8 Å². The molecule has 1 saturated heterocycles. The highest BCUT2D eigenvalue weighted by Gasteiger charge is 2.38. The Morgan fingerprint density at radius 3 is 2.30 bits per heavy atom. The zero-order valence-electron chi connectivity index (χ0n) is 23.4. The molecule has 232 valence electrons. The lowest BCUT2D eigenvalue weighted by molar-refractivity contribution is -0.143. The number of amidine groups is 1. The summed E-state index contributed by atoms with van der Waals surface area (Å²) in [7, 11) is 1.35. The Balaban J connectivity index is 1.23. The van der Waals surface area contributed by atoms with Gasteiger partial charge < -0.3 is 14.4 Å². The SMILES string of the molecule is COc1cc(/C=C2\SC(N3CCN(C4CCCCC4)CC3)=NC2=O)ccc1OCc1ccc(C(F)(F)F)cc1C(F)(F)F. The third-order valence-corrected chi connectivity index (χ3v) is 8.94. The van der Waals surface area contributed by atoms with Crippen LogP contribution in [0.3, 0.4) is 0 Å². The Morgan fingerprint density at radius 2 is 1.65 bits per heavy atom. The van der Waals surface area contributed by atoms with E-state index in [9.17, 15) is 31.1 Å². The Hall–Kier alpha value is -3.19. The van der Waals surface area contributed by atoms with Crippen molar-refractivity contribution in [1.29, 1.82) is 0 Å². The number of amides is 1. The lowest BCUT2D eigenvalue weighted by Gasteiger charge is -2.41. The van der Waals surface area contributed by atoms with E-state index in [0.29, 0.717) is 27.7 Å². The van der Waals surface area contributed by atoms with Gasteiger partial charge in [0.15, 0.2) is 16.7 Å². The van der Waals surface area contributed by atoms with Crippen molar-refractivity contribution in [3.05, 3.63) is 63.6 Å². The molecule has 0 aromatic heterocycles. The van der Waals surface area contributed by atoms with Gasteiger partial charge in [-0.1, -0.05) is 31.4 Å². The zero-order valence-corrected chi connectivity index (χ0v) is 24.2. The van der Waals surface area contributed by atoms with Crippen LogP contribution in [0, 0.1) is 0 Å². The Labute approximate surface area is 249 Å². The summed E-state index contributed by atoms with van der Waals surface area (Å²) in [5.74, 6) is -0.0721. The number of halogens is 6. The standard InChI is InChI=1S/C30H31F6N3O3S/c1-41-25-15-19(7-10-24(25)42-18-20-8-9-21(29(31,32)33)17-23(20)30(34,35)36)16-26-27(40)37-28(43-26)39-13-11-38(12-14-39)22-5-3-2-4-6-22/h7-10,15-17,22H,2-6,11-14,18H2,1H3/b26-16-. The number of carbonyl (C=O) groups is 1. The highest BCUT2D eigenvalue weighted by atomic mass is 32.2. The molecule has 0 atom stereocenters. The molecule has 1 amide bonds. The fraction of sp³-hybridized carbons (Fsp3) is 0.467. The van der Waals surface area contributed by atoms with E-state index in [-0.39, 0.29) is 23.5 Å². The summed E-state index contributed by atoms with van der Waals surface area (Å²) in [5, 5.41) is 0.670. The summed E-state index contributed by atoms with van der Waals surface area (Å²) in [4.78, 5) is 22.1. The van der Waals surface area contributed by atoms with E-state index < -0.39 is 35.6 Å². The summed E-state index contributed by atoms with van der Waals surface area (Å²) >= 11 is 1.30. The van der Waals surface area contributed by atoms with E-state index in [4.69, 9.17) is 9.47 Å². The van der Waals surface area contributed by atoms with Crippen molar-refractivity contribution >= 4 is 28.9 Å². The van der Waals surface area contributed by atoms with Crippen LogP contribution < -0.4 is 9.47 Å². The number of alkyl halides is 6. The topological polar surface area (TPSA) is 54.4 Å². The van der Waals surface area contributed by atoms with Crippen LogP contribution in [0.2, 0.25) is 0 Å². The summed E-state index contributed by atoms with van der Waals surface area (Å²) in [5.41, 5.74) is -2.69. The molecule has 6 nitrogen and oxygen atoms in total. The maximum atomic E-state index is 13.5. The summed E-state index contributed by atoms with van der Waals surface area (Å²) < 4.78 is 90.4. The van der Waals surface area contributed by atoms with Crippen LogP contribution in [0.1, 0.15) is 54.4 Å². The molecule has 0 N–H and O–H groups in total. The Morgan fingerprint density at radius 1 is 0.930 bits per heavy atom. The number of carbonyl (C=O) groups excluding carboxylic acids is 1. The van der Waals surface area contributed by atoms with E-state index in [2.05, 4.69) is 14.8 Å². The van der Waals surface area contributed by atoms with Crippen LogP contribution in [0.25, 0.3) is 6.08 Å².